The van der Waals surface area contributed by atoms with Crippen LogP contribution < -0.4 is 4.74 Å². The Morgan fingerprint density at radius 3 is 2.25 bits per heavy atom. The third-order valence-corrected chi connectivity index (χ3v) is 1.63. The molecule has 0 aliphatic rings. The van der Waals surface area contributed by atoms with Crippen LogP contribution >= 0.6 is 0 Å². The molecule has 0 unspecified atom stereocenters. The number of carbonyl (C=O) groups is 1. The van der Waals surface area contributed by atoms with Crippen molar-refractivity contribution in [2.45, 2.75) is 13.3 Å². The van der Waals surface area contributed by atoms with E-state index in [1.165, 1.54) is 0 Å². The van der Waals surface area contributed by atoms with E-state index in [1.807, 2.05) is 0 Å². The number of ether oxygens (including phenoxy) is 1. The fourth-order valence-corrected chi connectivity index (χ4v) is 1.07. The molecule has 0 atom stereocenters. The molecular weight excluding hydrogens is 235 g/mol. The zero-order chi connectivity index (χ0) is 12.5. The minimum absolute atomic E-state index is 0.447. The summed E-state index contributed by atoms with van der Waals surface area (Å²) in [6.07, 6.45) is -5.07. The zero-order valence-electron chi connectivity index (χ0n) is 7.86. The summed E-state index contributed by atoms with van der Waals surface area (Å²) in [6.45, 7) is 0.807. The normalized spacial score (nSPS) is 11.4. The molecule has 1 rings (SSSR count). The van der Waals surface area contributed by atoms with Crippen LogP contribution in [0.4, 0.5) is 22.0 Å². The van der Waals surface area contributed by atoms with Crippen LogP contribution in [0.3, 0.4) is 0 Å². The number of alkyl halides is 3. The van der Waals surface area contributed by atoms with E-state index in [4.69, 9.17) is 0 Å². The Balaban J connectivity index is 3.29. The van der Waals surface area contributed by atoms with Gasteiger partial charge in [0, 0.05) is 0 Å². The van der Waals surface area contributed by atoms with Gasteiger partial charge in [-0.3, -0.25) is 4.79 Å². The van der Waals surface area contributed by atoms with E-state index >= 15 is 0 Å². The largest absolute Gasteiger partial charge is 0.573 e. The van der Waals surface area contributed by atoms with Gasteiger partial charge in [0.1, 0.15) is 5.75 Å². The van der Waals surface area contributed by atoms with Crippen LogP contribution in [0.5, 0.6) is 5.75 Å². The SMILES string of the molecule is CC(=O)c1c(OC(F)(F)F)ccc(F)c1F. The quantitative estimate of drug-likeness (QED) is 0.586. The minimum Gasteiger partial charge on any atom is -0.405 e. The average molecular weight is 240 g/mol. The lowest BCUT2D eigenvalue weighted by Gasteiger charge is -2.12. The van der Waals surface area contributed by atoms with Gasteiger partial charge in [-0.15, -0.1) is 13.2 Å². The van der Waals surface area contributed by atoms with E-state index in [2.05, 4.69) is 4.74 Å². The maximum atomic E-state index is 13.0. The first-order valence-electron chi connectivity index (χ1n) is 3.97. The molecule has 0 radical (unpaired) electrons. The van der Waals surface area contributed by atoms with Crippen LogP contribution in [0.15, 0.2) is 12.1 Å². The number of carbonyl (C=O) groups excluding carboxylic acids is 1. The van der Waals surface area contributed by atoms with Crippen LogP contribution in [0.2, 0.25) is 0 Å². The summed E-state index contributed by atoms with van der Waals surface area (Å²) in [5.41, 5.74) is -1.06. The van der Waals surface area contributed by atoms with E-state index < -0.39 is 35.1 Å². The molecule has 0 aliphatic heterocycles. The van der Waals surface area contributed by atoms with E-state index in [0.29, 0.717) is 12.1 Å². The van der Waals surface area contributed by atoms with Gasteiger partial charge < -0.3 is 4.74 Å². The van der Waals surface area contributed by atoms with Crippen LogP contribution in [0, 0.1) is 11.6 Å². The van der Waals surface area contributed by atoms with Gasteiger partial charge in [0.2, 0.25) is 0 Å². The number of halogens is 5. The molecule has 0 fully saturated rings. The molecule has 0 saturated carbocycles. The molecule has 2 nitrogen and oxygen atoms in total. The smallest absolute Gasteiger partial charge is 0.405 e. The number of hydrogen-bond donors (Lipinski definition) is 0. The number of benzene rings is 1. The maximum absolute atomic E-state index is 13.0. The van der Waals surface area contributed by atoms with Gasteiger partial charge >= 0.3 is 6.36 Å². The van der Waals surface area contributed by atoms with Crippen molar-refractivity contribution < 1.29 is 31.5 Å². The fraction of sp³-hybridized carbons (Fsp3) is 0.222. The molecule has 0 bridgehead atoms. The Morgan fingerprint density at radius 2 is 1.81 bits per heavy atom. The van der Waals surface area contributed by atoms with Crippen LogP contribution in [-0.4, -0.2) is 12.1 Å². The highest BCUT2D eigenvalue weighted by molar-refractivity contribution is 5.97. The lowest BCUT2D eigenvalue weighted by atomic mass is 10.1. The molecular formula is C9H5F5O2. The molecule has 1 aromatic rings. The first-order chi connectivity index (χ1) is 7.22. The lowest BCUT2D eigenvalue weighted by Crippen LogP contribution is -2.19. The second kappa shape index (κ2) is 4.07. The summed E-state index contributed by atoms with van der Waals surface area (Å²) in [6, 6.07) is 0.992. The Hall–Kier alpha value is -1.66. The Bertz CT molecular complexity index is 425. The molecule has 0 N–H and O–H groups in total. The fourth-order valence-electron chi connectivity index (χ4n) is 1.07. The Labute approximate surface area is 86.6 Å². The third kappa shape index (κ3) is 2.68. The van der Waals surface area contributed by atoms with Gasteiger partial charge in [-0.2, -0.15) is 0 Å². The summed E-state index contributed by atoms with van der Waals surface area (Å²) < 4.78 is 64.7. The van der Waals surface area contributed by atoms with Gasteiger partial charge in [0.15, 0.2) is 17.4 Å². The number of rotatable bonds is 2. The maximum Gasteiger partial charge on any atom is 0.573 e. The molecule has 1 aromatic carbocycles. The molecule has 7 heteroatoms. The highest BCUT2D eigenvalue weighted by Gasteiger charge is 2.33. The molecule has 16 heavy (non-hydrogen) atoms. The van der Waals surface area contributed by atoms with Gasteiger partial charge in [-0.25, -0.2) is 8.78 Å². The zero-order valence-corrected chi connectivity index (χ0v) is 7.86. The van der Waals surface area contributed by atoms with Gasteiger partial charge in [0.05, 0.1) is 5.56 Å². The predicted octanol–water partition coefficient (Wildman–Crippen LogP) is 3.07. The van der Waals surface area contributed by atoms with E-state index in [-0.39, 0.29) is 0 Å². The van der Waals surface area contributed by atoms with Crippen LogP contribution in [0.25, 0.3) is 0 Å². The third-order valence-electron chi connectivity index (χ3n) is 1.63. The highest BCUT2D eigenvalue weighted by atomic mass is 19.4. The topological polar surface area (TPSA) is 26.3 Å². The highest BCUT2D eigenvalue weighted by Crippen LogP contribution is 2.29. The van der Waals surface area contributed by atoms with Crippen molar-refractivity contribution in [2.75, 3.05) is 0 Å². The first-order valence-corrected chi connectivity index (χ1v) is 3.97. The molecule has 0 aliphatic carbocycles. The summed E-state index contributed by atoms with van der Waals surface area (Å²) in [7, 11) is 0. The van der Waals surface area contributed by atoms with Gasteiger partial charge in [0.25, 0.3) is 0 Å². The van der Waals surface area contributed by atoms with Crippen molar-refractivity contribution in [3.63, 3.8) is 0 Å². The number of hydrogen-bond acceptors (Lipinski definition) is 2. The van der Waals surface area contributed by atoms with Crippen molar-refractivity contribution in [3.05, 3.63) is 29.3 Å². The molecule has 88 valence electrons. The summed E-state index contributed by atoms with van der Waals surface area (Å²) in [5, 5.41) is 0. The number of Topliss-reactive ketones (excluding diaryl/α,β-unsaturated/α-hetero) is 1. The molecule has 0 aromatic heterocycles. The van der Waals surface area contributed by atoms with Gasteiger partial charge in [-0.1, -0.05) is 0 Å². The summed E-state index contributed by atoms with van der Waals surface area (Å²) in [5.74, 6) is -5.19. The van der Waals surface area contributed by atoms with Crippen molar-refractivity contribution in [3.8, 4) is 5.75 Å². The first kappa shape index (κ1) is 12.4. The second-order valence-electron chi connectivity index (χ2n) is 2.84. The minimum atomic E-state index is -5.07. The molecule has 0 heterocycles. The Kier molecular flexibility index (Phi) is 3.16. The molecule has 0 spiro atoms. The monoisotopic (exact) mass is 240 g/mol. The van der Waals surface area contributed by atoms with E-state index in [9.17, 15) is 26.7 Å². The summed E-state index contributed by atoms with van der Waals surface area (Å²) in [4.78, 5) is 10.9. The van der Waals surface area contributed by atoms with Crippen molar-refractivity contribution >= 4 is 5.78 Å². The van der Waals surface area contributed by atoms with E-state index in [0.717, 1.165) is 6.92 Å². The van der Waals surface area contributed by atoms with Crippen LogP contribution in [-0.2, 0) is 0 Å². The summed E-state index contributed by atoms with van der Waals surface area (Å²) >= 11 is 0. The predicted molar refractivity (Wildman–Crippen MR) is 43.0 cm³/mol. The Morgan fingerprint density at radius 1 is 1.25 bits per heavy atom. The van der Waals surface area contributed by atoms with Crippen molar-refractivity contribution in [1.29, 1.82) is 0 Å². The van der Waals surface area contributed by atoms with E-state index in [1.54, 1.807) is 0 Å². The standard InChI is InChI=1S/C9H5F5O2/c1-4(15)7-6(16-9(12,13)14)3-2-5(10)8(7)11/h2-3H,1H3. The van der Waals surface area contributed by atoms with Gasteiger partial charge in [-0.05, 0) is 19.1 Å². The number of ketones is 1. The average Bonchev–Trinajstić information content (AvgIpc) is 2.08. The second-order valence-corrected chi connectivity index (χ2v) is 2.84. The van der Waals surface area contributed by atoms with Crippen LogP contribution in [0.1, 0.15) is 17.3 Å². The lowest BCUT2D eigenvalue weighted by molar-refractivity contribution is -0.274. The van der Waals surface area contributed by atoms with Crippen molar-refractivity contribution in [2.24, 2.45) is 0 Å². The molecule has 0 saturated heterocycles. The molecule has 0 amide bonds. The van der Waals surface area contributed by atoms with Crippen molar-refractivity contribution in [1.82, 2.24) is 0 Å².